The van der Waals surface area contributed by atoms with Crippen LogP contribution in [0, 0.1) is 5.92 Å². The Morgan fingerprint density at radius 1 is 1.12 bits per heavy atom. The van der Waals surface area contributed by atoms with Crippen LogP contribution in [0.25, 0.3) is 0 Å². The van der Waals surface area contributed by atoms with E-state index in [0.29, 0.717) is 6.04 Å². The van der Waals surface area contributed by atoms with Crippen LogP contribution in [-0.2, 0) is 0 Å². The summed E-state index contributed by atoms with van der Waals surface area (Å²) in [5.74, 6) is 0.807. The van der Waals surface area contributed by atoms with Crippen molar-refractivity contribution < 1.29 is 0 Å². The smallest absolute Gasteiger partial charge is 0.0280 e. The zero-order valence-electron chi connectivity index (χ0n) is 12.0. The zero-order valence-corrected chi connectivity index (χ0v) is 12.0. The van der Waals surface area contributed by atoms with E-state index in [2.05, 4.69) is 46.0 Å². The van der Waals surface area contributed by atoms with Gasteiger partial charge in [0.15, 0.2) is 0 Å². The summed E-state index contributed by atoms with van der Waals surface area (Å²) in [6, 6.07) is 0.585. The average Bonchev–Trinajstić information content (AvgIpc) is 2.25. The summed E-state index contributed by atoms with van der Waals surface area (Å²) in [5, 5.41) is 3.68. The fourth-order valence-electron chi connectivity index (χ4n) is 2.14. The molecule has 1 heteroatoms. The van der Waals surface area contributed by atoms with Gasteiger partial charge in [-0.15, -0.1) is 0 Å². The second-order valence-electron chi connectivity index (χ2n) is 5.03. The molecule has 2 unspecified atom stereocenters. The molecular weight excluding hydrogens is 194 g/mol. The van der Waals surface area contributed by atoms with Gasteiger partial charge in [-0.05, 0) is 39.2 Å². The summed E-state index contributed by atoms with van der Waals surface area (Å²) in [6.07, 6.45) is 8.95. The van der Waals surface area contributed by atoms with Crippen molar-refractivity contribution in [3.63, 3.8) is 0 Å². The van der Waals surface area contributed by atoms with Crippen LogP contribution in [0.4, 0.5) is 0 Å². The first kappa shape index (κ1) is 15.7. The monoisotopic (exact) mass is 225 g/mol. The maximum absolute atomic E-state index is 3.68. The SMILES string of the molecule is CCCCC(CC)C(C=C(C)C)NCCC. The predicted molar refractivity (Wildman–Crippen MR) is 74.8 cm³/mol. The molecule has 0 aliphatic carbocycles. The second kappa shape index (κ2) is 9.89. The summed E-state index contributed by atoms with van der Waals surface area (Å²) < 4.78 is 0. The van der Waals surface area contributed by atoms with Gasteiger partial charge in [0.25, 0.3) is 0 Å². The van der Waals surface area contributed by atoms with Gasteiger partial charge in [0, 0.05) is 6.04 Å². The molecule has 0 aliphatic rings. The molecule has 2 atom stereocenters. The Balaban J connectivity index is 4.36. The minimum absolute atomic E-state index is 0.585. The normalized spacial score (nSPS) is 14.6. The molecule has 0 saturated carbocycles. The van der Waals surface area contributed by atoms with Crippen LogP contribution in [0.3, 0.4) is 0 Å². The van der Waals surface area contributed by atoms with Gasteiger partial charge in [0.1, 0.15) is 0 Å². The van der Waals surface area contributed by atoms with E-state index in [4.69, 9.17) is 0 Å². The number of nitrogens with one attached hydrogen (secondary N) is 1. The Hall–Kier alpha value is -0.300. The van der Waals surface area contributed by atoms with Crippen molar-refractivity contribution in [2.24, 2.45) is 5.92 Å². The van der Waals surface area contributed by atoms with Crippen LogP contribution < -0.4 is 5.32 Å². The zero-order chi connectivity index (χ0) is 12.4. The summed E-state index contributed by atoms with van der Waals surface area (Å²) in [5.41, 5.74) is 1.43. The Morgan fingerprint density at radius 2 is 1.81 bits per heavy atom. The van der Waals surface area contributed by atoms with E-state index >= 15 is 0 Å². The highest BCUT2D eigenvalue weighted by molar-refractivity contribution is 5.03. The molecule has 0 heterocycles. The summed E-state index contributed by atoms with van der Waals surface area (Å²) >= 11 is 0. The molecule has 0 bridgehead atoms. The van der Waals surface area contributed by atoms with Crippen molar-refractivity contribution in [1.29, 1.82) is 0 Å². The molecule has 0 aromatic heterocycles. The molecule has 1 N–H and O–H groups in total. The number of rotatable bonds is 9. The highest BCUT2D eigenvalue weighted by Crippen LogP contribution is 2.19. The number of hydrogen-bond acceptors (Lipinski definition) is 1. The fourth-order valence-corrected chi connectivity index (χ4v) is 2.14. The minimum Gasteiger partial charge on any atom is -0.310 e. The Bertz CT molecular complexity index is 180. The summed E-state index contributed by atoms with van der Waals surface area (Å²) in [7, 11) is 0. The fraction of sp³-hybridized carbons (Fsp3) is 0.867. The van der Waals surface area contributed by atoms with Gasteiger partial charge in [-0.2, -0.15) is 0 Å². The lowest BCUT2D eigenvalue weighted by Gasteiger charge is -2.25. The van der Waals surface area contributed by atoms with Crippen LogP contribution >= 0.6 is 0 Å². The third kappa shape index (κ3) is 7.05. The molecule has 0 aromatic rings. The lowest BCUT2D eigenvalue weighted by atomic mass is 9.90. The molecule has 0 fully saturated rings. The van der Waals surface area contributed by atoms with Crippen LogP contribution in [-0.4, -0.2) is 12.6 Å². The Labute approximate surface area is 103 Å². The van der Waals surface area contributed by atoms with Gasteiger partial charge in [0.05, 0.1) is 0 Å². The predicted octanol–water partition coefficient (Wildman–Crippen LogP) is 4.54. The first-order valence-corrected chi connectivity index (χ1v) is 7.04. The van der Waals surface area contributed by atoms with Gasteiger partial charge in [0.2, 0.25) is 0 Å². The van der Waals surface area contributed by atoms with Crippen molar-refractivity contribution in [1.82, 2.24) is 5.32 Å². The van der Waals surface area contributed by atoms with Crippen LogP contribution in [0.1, 0.15) is 66.7 Å². The van der Waals surface area contributed by atoms with Crippen LogP contribution in [0.2, 0.25) is 0 Å². The summed E-state index contributed by atoms with van der Waals surface area (Å²) in [4.78, 5) is 0. The van der Waals surface area contributed by atoms with E-state index in [0.717, 1.165) is 12.5 Å². The standard InChI is InChI=1S/C15H31N/c1-6-9-10-14(8-3)15(12-13(4)5)16-11-7-2/h12,14-16H,6-11H2,1-5H3. The lowest BCUT2D eigenvalue weighted by Crippen LogP contribution is -2.35. The van der Waals surface area contributed by atoms with Crippen LogP contribution in [0.5, 0.6) is 0 Å². The molecule has 0 radical (unpaired) electrons. The quantitative estimate of drug-likeness (QED) is 0.568. The van der Waals surface area contributed by atoms with Crippen molar-refractivity contribution in [3.8, 4) is 0 Å². The maximum Gasteiger partial charge on any atom is 0.0280 e. The number of unbranched alkanes of at least 4 members (excludes halogenated alkanes) is 1. The van der Waals surface area contributed by atoms with E-state index < -0.39 is 0 Å². The van der Waals surface area contributed by atoms with Crippen molar-refractivity contribution in [2.75, 3.05) is 6.54 Å². The summed E-state index contributed by atoms with van der Waals surface area (Å²) in [6.45, 7) is 12.4. The van der Waals surface area contributed by atoms with E-state index in [9.17, 15) is 0 Å². The molecule has 16 heavy (non-hydrogen) atoms. The molecule has 96 valence electrons. The maximum atomic E-state index is 3.68. The Morgan fingerprint density at radius 3 is 2.25 bits per heavy atom. The van der Waals surface area contributed by atoms with E-state index in [1.807, 2.05) is 0 Å². The largest absolute Gasteiger partial charge is 0.310 e. The molecule has 0 saturated heterocycles. The van der Waals surface area contributed by atoms with Gasteiger partial charge in [-0.3, -0.25) is 0 Å². The third-order valence-electron chi connectivity index (χ3n) is 3.10. The third-order valence-corrected chi connectivity index (χ3v) is 3.10. The van der Waals surface area contributed by atoms with Crippen LogP contribution in [0.15, 0.2) is 11.6 Å². The number of hydrogen-bond donors (Lipinski definition) is 1. The molecule has 0 aromatic carbocycles. The average molecular weight is 225 g/mol. The van der Waals surface area contributed by atoms with E-state index in [1.54, 1.807) is 0 Å². The first-order valence-electron chi connectivity index (χ1n) is 7.04. The van der Waals surface area contributed by atoms with Gasteiger partial charge in [-0.1, -0.05) is 51.7 Å². The van der Waals surface area contributed by atoms with E-state index in [1.165, 1.54) is 37.7 Å². The number of allylic oxidation sites excluding steroid dienone is 1. The van der Waals surface area contributed by atoms with Crippen molar-refractivity contribution >= 4 is 0 Å². The first-order chi connectivity index (χ1) is 7.65. The van der Waals surface area contributed by atoms with Crippen molar-refractivity contribution in [2.45, 2.75) is 72.8 Å². The molecule has 0 amide bonds. The minimum atomic E-state index is 0.585. The highest BCUT2D eigenvalue weighted by atomic mass is 14.9. The highest BCUT2D eigenvalue weighted by Gasteiger charge is 2.16. The van der Waals surface area contributed by atoms with Gasteiger partial charge in [-0.25, -0.2) is 0 Å². The molecule has 1 nitrogen and oxygen atoms in total. The van der Waals surface area contributed by atoms with E-state index in [-0.39, 0.29) is 0 Å². The lowest BCUT2D eigenvalue weighted by molar-refractivity contribution is 0.360. The second-order valence-corrected chi connectivity index (χ2v) is 5.03. The molecule has 0 rings (SSSR count). The molecular formula is C15H31N. The van der Waals surface area contributed by atoms with Gasteiger partial charge >= 0.3 is 0 Å². The van der Waals surface area contributed by atoms with Crippen molar-refractivity contribution in [3.05, 3.63) is 11.6 Å². The van der Waals surface area contributed by atoms with Gasteiger partial charge < -0.3 is 5.32 Å². The molecule has 0 spiro atoms. The molecule has 0 aliphatic heterocycles. The topological polar surface area (TPSA) is 12.0 Å². The Kier molecular flexibility index (Phi) is 9.71.